The summed E-state index contributed by atoms with van der Waals surface area (Å²) >= 11 is 0. The van der Waals surface area contributed by atoms with Crippen molar-refractivity contribution >= 4 is 11.5 Å². The molecule has 27 heavy (non-hydrogen) atoms. The summed E-state index contributed by atoms with van der Waals surface area (Å²) in [5.41, 5.74) is 4.37. The van der Waals surface area contributed by atoms with Gasteiger partial charge in [0.05, 0.1) is 23.6 Å². The number of aromatic nitrogens is 3. The molecule has 2 atom stereocenters. The fourth-order valence-electron chi connectivity index (χ4n) is 3.83. The van der Waals surface area contributed by atoms with Crippen molar-refractivity contribution in [2.75, 3.05) is 18.4 Å². The summed E-state index contributed by atoms with van der Waals surface area (Å²) in [6.07, 6.45) is 6.38. The number of pyridine rings is 2. The van der Waals surface area contributed by atoms with Crippen LogP contribution in [0.4, 0.5) is 10.2 Å². The van der Waals surface area contributed by atoms with Crippen molar-refractivity contribution in [2.45, 2.75) is 43.8 Å². The first-order valence-electron chi connectivity index (χ1n) is 9.69. The Hall–Kier alpha value is -2.47. The van der Waals surface area contributed by atoms with Crippen molar-refractivity contribution in [1.82, 2.24) is 19.7 Å². The molecular formula is C21H24FN5. The van der Waals surface area contributed by atoms with Crippen LogP contribution < -0.4 is 10.6 Å². The standard InChI is InChI=1S/C21H24FN5/c1-21(8-9-21)14-5-6-20-24-12-18(27(20)13-14)17-3-2-4-19(26-17)25-16-7-10-23-11-15(16)22/h2-6,12-13,15-16,23H,7-11H2,1H3,(H,25,26). The maximum absolute atomic E-state index is 14.1. The van der Waals surface area contributed by atoms with Gasteiger partial charge in [-0.2, -0.15) is 0 Å². The lowest BCUT2D eigenvalue weighted by Gasteiger charge is -2.27. The average molecular weight is 365 g/mol. The molecule has 1 saturated heterocycles. The van der Waals surface area contributed by atoms with Crippen molar-refractivity contribution in [3.8, 4) is 11.4 Å². The van der Waals surface area contributed by atoms with Crippen molar-refractivity contribution in [2.24, 2.45) is 0 Å². The summed E-state index contributed by atoms with van der Waals surface area (Å²) in [7, 11) is 0. The molecule has 5 rings (SSSR count). The summed E-state index contributed by atoms with van der Waals surface area (Å²) < 4.78 is 16.2. The Bertz CT molecular complexity index is 978. The van der Waals surface area contributed by atoms with Crippen LogP contribution in [0.5, 0.6) is 0 Å². The van der Waals surface area contributed by atoms with E-state index in [-0.39, 0.29) is 6.04 Å². The van der Waals surface area contributed by atoms with Gasteiger partial charge in [0, 0.05) is 12.7 Å². The molecule has 0 aromatic carbocycles. The highest BCUT2D eigenvalue weighted by atomic mass is 19.1. The normalized spacial score (nSPS) is 24.1. The second-order valence-corrected chi connectivity index (χ2v) is 8.02. The minimum Gasteiger partial charge on any atom is -0.364 e. The molecule has 5 nitrogen and oxygen atoms in total. The number of anilines is 1. The Morgan fingerprint density at radius 1 is 1.26 bits per heavy atom. The fourth-order valence-corrected chi connectivity index (χ4v) is 3.83. The van der Waals surface area contributed by atoms with Crippen molar-refractivity contribution in [1.29, 1.82) is 0 Å². The monoisotopic (exact) mass is 365 g/mol. The first-order chi connectivity index (χ1) is 13.1. The highest BCUT2D eigenvalue weighted by molar-refractivity contribution is 5.62. The second-order valence-electron chi connectivity index (χ2n) is 8.02. The van der Waals surface area contributed by atoms with Gasteiger partial charge in [0.15, 0.2) is 0 Å². The number of nitrogens with zero attached hydrogens (tertiary/aromatic N) is 3. The van der Waals surface area contributed by atoms with Gasteiger partial charge in [-0.25, -0.2) is 14.4 Å². The molecule has 0 radical (unpaired) electrons. The number of hydrogen-bond acceptors (Lipinski definition) is 4. The van der Waals surface area contributed by atoms with Gasteiger partial charge in [0.2, 0.25) is 0 Å². The fraction of sp³-hybridized carbons (Fsp3) is 0.429. The number of imidazole rings is 1. The maximum Gasteiger partial charge on any atom is 0.137 e. The predicted molar refractivity (Wildman–Crippen MR) is 105 cm³/mol. The van der Waals surface area contributed by atoms with E-state index >= 15 is 0 Å². The van der Waals surface area contributed by atoms with Gasteiger partial charge in [0.1, 0.15) is 17.6 Å². The van der Waals surface area contributed by atoms with Crippen LogP contribution >= 0.6 is 0 Å². The summed E-state index contributed by atoms with van der Waals surface area (Å²) in [4.78, 5) is 9.27. The van der Waals surface area contributed by atoms with Gasteiger partial charge in [-0.1, -0.05) is 19.1 Å². The summed E-state index contributed by atoms with van der Waals surface area (Å²) in [5, 5.41) is 6.35. The molecule has 1 aliphatic carbocycles. The van der Waals surface area contributed by atoms with E-state index in [4.69, 9.17) is 4.98 Å². The molecule has 0 bridgehead atoms. The van der Waals surface area contributed by atoms with Gasteiger partial charge < -0.3 is 10.6 Å². The zero-order chi connectivity index (χ0) is 18.4. The molecule has 1 aliphatic heterocycles. The highest BCUT2D eigenvalue weighted by Crippen LogP contribution is 2.47. The van der Waals surface area contributed by atoms with Crippen molar-refractivity contribution < 1.29 is 4.39 Å². The third-order valence-electron chi connectivity index (χ3n) is 5.96. The van der Waals surface area contributed by atoms with Crippen LogP contribution in [0.15, 0.2) is 42.7 Å². The predicted octanol–water partition coefficient (Wildman–Crippen LogP) is 3.56. The number of piperidine rings is 1. The van der Waals surface area contributed by atoms with Crippen molar-refractivity contribution in [3.63, 3.8) is 0 Å². The Labute approximate surface area is 158 Å². The largest absolute Gasteiger partial charge is 0.364 e. The maximum atomic E-state index is 14.1. The molecule has 3 aromatic heterocycles. The number of nitrogens with one attached hydrogen (secondary N) is 2. The molecule has 2 N–H and O–H groups in total. The van der Waals surface area contributed by atoms with E-state index in [9.17, 15) is 4.39 Å². The topological polar surface area (TPSA) is 54.2 Å². The highest BCUT2D eigenvalue weighted by Gasteiger charge is 2.39. The van der Waals surface area contributed by atoms with E-state index in [1.54, 1.807) is 0 Å². The third kappa shape index (κ3) is 3.08. The quantitative estimate of drug-likeness (QED) is 0.742. The van der Waals surface area contributed by atoms with Crippen LogP contribution in [0.3, 0.4) is 0 Å². The minimum absolute atomic E-state index is 0.197. The molecule has 3 aromatic rings. The van der Waals surface area contributed by atoms with E-state index in [1.165, 1.54) is 18.4 Å². The zero-order valence-corrected chi connectivity index (χ0v) is 15.5. The lowest BCUT2D eigenvalue weighted by molar-refractivity contribution is 0.244. The first-order valence-corrected chi connectivity index (χ1v) is 9.69. The van der Waals surface area contributed by atoms with E-state index in [0.29, 0.717) is 17.8 Å². The molecule has 2 unspecified atom stereocenters. The van der Waals surface area contributed by atoms with Gasteiger partial charge in [-0.15, -0.1) is 0 Å². The van der Waals surface area contributed by atoms with Crippen LogP contribution in [-0.4, -0.2) is 39.7 Å². The number of halogens is 1. The lowest BCUT2D eigenvalue weighted by Crippen LogP contribution is -2.45. The Morgan fingerprint density at radius 3 is 2.96 bits per heavy atom. The second kappa shape index (κ2) is 6.30. The molecule has 1 saturated carbocycles. The molecule has 2 aliphatic rings. The van der Waals surface area contributed by atoms with Crippen LogP contribution in [0.2, 0.25) is 0 Å². The van der Waals surface area contributed by atoms with E-state index in [0.717, 1.165) is 30.0 Å². The number of rotatable bonds is 4. The molecule has 2 fully saturated rings. The Morgan fingerprint density at radius 2 is 2.15 bits per heavy atom. The summed E-state index contributed by atoms with van der Waals surface area (Å²) in [6, 6.07) is 9.91. The van der Waals surface area contributed by atoms with Crippen LogP contribution in [-0.2, 0) is 5.41 Å². The Balaban J connectivity index is 1.47. The first kappa shape index (κ1) is 16.7. The smallest absolute Gasteiger partial charge is 0.137 e. The molecule has 4 heterocycles. The molecule has 0 amide bonds. The zero-order valence-electron chi connectivity index (χ0n) is 15.5. The summed E-state index contributed by atoms with van der Waals surface area (Å²) in [6.45, 7) is 3.53. The van der Waals surface area contributed by atoms with Gasteiger partial charge in [0.25, 0.3) is 0 Å². The number of alkyl halides is 1. The van der Waals surface area contributed by atoms with Crippen LogP contribution in [0.25, 0.3) is 17.0 Å². The minimum atomic E-state index is -0.901. The van der Waals surface area contributed by atoms with Gasteiger partial charge in [-0.05, 0) is 55.0 Å². The van der Waals surface area contributed by atoms with E-state index in [2.05, 4.69) is 45.3 Å². The SMILES string of the molecule is CC1(c2ccc3ncc(-c4cccc(NC5CCNCC5F)n4)n3c2)CC1. The lowest BCUT2D eigenvalue weighted by atomic mass is 10.0. The molecule has 6 heteroatoms. The van der Waals surface area contributed by atoms with Crippen molar-refractivity contribution in [3.05, 3.63) is 48.3 Å². The number of fused-ring (bicyclic) bond motifs is 1. The van der Waals surface area contributed by atoms with Gasteiger partial charge >= 0.3 is 0 Å². The van der Waals surface area contributed by atoms with Crippen LogP contribution in [0, 0.1) is 0 Å². The third-order valence-corrected chi connectivity index (χ3v) is 5.96. The number of hydrogen-bond donors (Lipinski definition) is 2. The van der Waals surface area contributed by atoms with Gasteiger partial charge in [-0.3, -0.25) is 4.40 Å². The summed E-state index contributed by atoms with van der Waals surface area (Å²) in [5.74, 6) is 0.710. The van der Waals surface area contributed by atoms with Crippen LogP contribution in [0.1, 0.15) is 31.7 Å². The average Bonchev–Trinajstić information content (AvgIpc) is 3.29. The molecular weight excluding hydrogens is 341 g/mol. The van der Waals surface area contributed by atoms with E-state index < -0.39 is 6.17 Å². The molecule has 140 valence electrons. The Kier molecular flexibility index (Phi) is 3.90. The van der Waals surface area contributed by atoms with E-state index in [1.807, 2.05) is 24.4 Å². The molecule has 0 spiro atoms.